The summed E-state index contributed by atoms with van der Waals surface area (Å²) >= 11 is 1.73. The van der Waals surface area contributed by atoms with Crippen molar-refractivity contribution in [2.24, 2.45) is 0 Å². The first-order valence-electron chi connectivity index (χ1n) is 6.94. The second kappa shape index (κ2) is 7.45. The first kappa shape index (κ1) is 15.1. The summed E-state index contributed by atoms with van der Waals surface area (Å²) in [7, 11) is 1.97. The average molecular weight is 291 g/mol. The molecule has 5 heteroatoms. The van der Waals surface area contributed by atoms with Crippen LogP contribution < -0.4 is 5.32 Å². The monoisotopic (exact) mass is 291 g/mol. The van der Waals surface area contributed by atoms with E-state index in [1.807, 2.05) is 7.05 Å². The first-order chi connectivity index (χ1) is 9.72. The van der Waals surface area contributed by atoms with E-state index in [9.17, 15) is 0 Å². The normalized spacial score (nSPS) is 12.6. The summed E-state index contributed by atoms with van der Waals surface area (Å²) in [4.78, 5) is 5.59. The number of thioether (sulfide) groups is 1. The van der Waals surface area contributed by atoms with Crippen LogP contribution >= 0.6 is 11.8 Å². The summed E-state index contributed by atoms with van der Waals surface area (Å²) in [6.45, 7) is 4.25. The van der Waals surface area contributed by atoms with E-state index >= 15 is 0 Å². The van der Waals surface area contributed by atoms with Crippen LogP contribution in [-0.4, -0.2) is 17.2 Å². The van der Waals surface area contributed by atoms with Gasteiger partial charge in [-0.2, -0.15) is 4.98 Å². The van der Waals surface area contributed by atoms with E-state index in [1.165, 1.54) is 10.5 Å². The van der Waals surface area contributed by atoms with Gasteiger partial charge in [-0.25, -0.2) is 0 Å². The van der Waals surface area contributed by atoms with Gasteiger partial charge in [0.1, 0.15) is 0 Å². The fourth-order valence-electron chi connectivity index (χ4n) is 1.83. The molecule has 20 heavy (non-hydrogen) atoms. The minimum absolute atomic E-state index is 0.378. The SMILES string of the molecule is CCCc1nc(CSc2ccc(C(C)NC)cc2)no1. The van der Waals surface area contributed by atoms with Gasteiger partial charge in [-0.3, -0.25) is 0 Å². The molecule has 0 aliphatic carbocycles. The van der Waals surface area contributed by atoms with E-state index < -0.39 is 0 Å². The van der Waals surface area contributed by atoms with Crippen molar-refractivity contribution in [2.45, 2.75) is 43.4 Å². The van der Waals surface area contributed by atoms with Crippen molar-refractivity contribution in [3.8, 4) is 0 Å². The van der Waals surface area contributed by atoms with Crippen LogP contribution in [0.25, 0.3) is 0 Å². The van der Waals surface area contributed by atoms with Crippen molar-refractivity contribution in [3.05, 3.63) is 41.5 Å². The molecule has 1 atom stereocenters. The maximum absolute atomic E-state index is 5.18. The molecular weight excluding hydrogens is 270 g/mol. The molecule has 0 saturated carbocycles. The molecule has 0 saturated heterocycles. The lowest BCUT2D eigenvalue weighted by Crippen LogP contribution is -2.11. The smallest absolute Gasteiger partial charge is 0.226 e. The number of hydrogen-bond donors (Lipinski definition) is 1. The van der Waals surface area contributed by atoms with Gasteiger partial charge in [0.15, 0.2) is 5.82 Å². The van der Waals surface area contributed by atoms with Crippen LogP contribution in [0, 0.1) is 0 Å². The molecule has 1 unspecified atom stereocenters. The quantitative estimate of drug-likeness (QED) is 0.790. The second-order valence-electron chi connectivity index (χ2n) is 4.72. The molecule has 1 aromatic heterocycles. The van der Waals surface area contributed by atoms with Crippen LogP contribution in [0.2, 0.25) is 0 Å². The lowest BCUT2D eigenvalue weighted by Gasteiger charge is -2.10. The minimum atomic E-state index is 0.378. The largest absolute Gasteiger partial charge is 0.339 e. The van der Waals surface area contributed by atoms with E-state index in [0.29, 0.717) is 6.04 Å². The maximum Gasteiger partial charge on any atom is 0.226 e. The number of rotatable bonds is 7. The molecule has 0 aliphatic rings. The standard InChI is InChI=1S/C15H21N3OS/c1-4-5-15-17-14(18-19-15)10-20-13-8-6-12(7-9-13)11(2)16-3/h6-9,11,16H,4-5,10H2,1-3H3. The Morgan fingerprint density at radius 1 is 1.30 bits per heavy atom. The predicted octanol–water partition coefficient (Wildman–Crippen LogP) is 3.59. The third-order valence-corrected chi connectivity index (χ3v) is 4.16. The Morgan fingerprint density at radius 3 is 2.70 bits per heavy atom. The molecular formula is C15H21N3OS. The van der Waals surface area contributed by atoms with Gasteiger partial charge in [-0.15, -0.1) is 11.8 Å². The summed E-state index contributed by atoms with van der Waals surface area (Å²) in [5, 5.41) is 7.23. The fourth-order valence-corrected chi connectivity index (χ4v) is 2.57. The number of benzene rings is 1. The van der Waals surface area contributed by atoms with Crippen molar-refractivity contribution in [1.29, 1.82) is 0 Å². The van der Waals surface area contributed by atoms with Crippen molar-refractivity contribution >= 4 is 11.8 Å². The fraction of sp³-hybridized carbons (Fsp3) is 0.467. The highest BCUT2D eigenvalue weighted by atomic mass is 32.2. The minimum Gasteiger partial charge on any atom is -0.339 e. The van der Waals surface area contributed by atoms with Gasteiger partial charge in [0.25, 0.3) is 0 Å². The molecule has 108 valence electrons. The predicted molar refractivity (Wildman–Crippen MR) is 81.8 cm³/mol. The van der Waals surface area contributed by atoms with Crippen molar-refractivity contribution in [3.63, 3.8) is 0 Å². The number of aromatic nitrogens is 2. The molecule has 0 fully saturated rings. The average Bonchev–Trinajstić information content (AvgIpc) is 2.93. The highest BCUT2D eigenvalue weighted by molar-refractivity contribution is 7.98. The molecule has 1 heterocycles. The van der Waals surface area contributed by atoms with Crippen LogP contribution in [0.1, 0.15) is 43.6 Å². The van der Waals surface area contributed by atoms with Crippen LogP contribution in [-0.2, 0) is 12.2 Å². The molecule has 1 aromatic carbocycles. The zero-order valence-electron chi connectivity index (χ0n) is 12.2. The Labute approximate surface area is 124 Å². The molecule has 1 N–H and O–H groups in total. The van der Waals surface area contributed by atoms with Crippen LogP contribution in [0.3, 0.4) is 0 Å². The molecule has 0 spiro atoms. The Morgan fingerprint density at radius 2 is 2.05 bits per heavy atom. The van der Waals surface area contributed by atoms with Crippen LogP contribution in [0.5, 0.6) is 0 Å². The Balaban J connectivity index is 1.89. The number of aryl methyl sites for hydroxylation is 1. The zero-order valence-corrected chi connectivity index (χ0v) is 13.0. The number of nitrogens with one attached hydrogen (secondary N) is 1. The number of nitrogens with zero attached hydrogens (tertiary/aromatic N) is 2. The van der Waals surface area contributed by atoms with Crippen molar-refractivity contribution in [1.82, 2.24) is 15.5 Å². The van der Waals surface area contributed by atoms with Gasteiger partial charge < -0.3 is 9.84 Å². The van der Waals surface area contributed by atoms with Gasteiger partial charge >= 0.3 is 0 Å². The van der Waals surface area contributed by atoms with Crippen LogP contribution in [0.4, 0.5) is 0 Å². The van der Waals surface area contributed by atoms with Crippen LogP contribution in [0.15, 0.2) is 33.7 Å². The lowest BCUT2D eigenvalue weighted by atomic mass is 10.1. The summed E-state index contributed by atoms with van der Waals surface area (Å²) < 4.78 is 5.18. The zero-order chi connectivity index (χ0) is 14.4. The number of hydrogen-bond acceptors (Lipinski definition) is 5. The summed E-state index contributed by atoms with van der Waals surface area (Å²) in [6, 6.07) is 8.97. The third-order valence-electron chi connectivity index (χ3n) is 3.16. The molecule has 0 bridgehead atoms. The Bertz CT molecular complexity index is 524. The third kappa shape index (κ3) is 4.08. The van der Waals surface area contributed by atoms with Gasteiger partial charge in [-0.1, -0.05) is 24.2 Å². The molecule has 2 rings (SSSR count). The van der Waals surface area contributed by atoms with E-state index in [-0.39, 0.29) is 0 Å². The first-order valence-corrected chi connectivity index (χ1v) is 7.93. The van der Waals surface area contributed by atoms with Gasteiger partial charge in [-0.05, 0) is 38.1 Å². The summed E-state index contributed by atoms with van der Waals surface area (Å²) in [6.07, 6.45) is 1.88. The molecule has 4 nitrogen and oxygen atoms in total. The Kier molecular flexibility index (Phi) is 5.61. The van der Waals surface area contributed by atoms with E-state index in [1.54, 1.807) is 11.8 Å². The summed E-state index contributed by atoms with van der Waals surface area (Å²) in [5.41, 5.74) is 1.29. The van der Waals surface area contributed by atoms with E-state index in [2.05, 4.69) is 53.6 Å². The highest BCUT2D eigenvalue weighted by Crippen LogP contribution is 2.23. The van der Waals surface area contributed by atoms with Crippen molar-refractivity contribution in [2.75, 3.05) is 7.05 Å². The van der Waals surface area contributed by atoms with Crippen molar-refractivity contribution < 1.29 is 4.52 Å². The van der Waals surface area contributed by atoms with Gasteiger partial charge in [0.05, 0.1) is 5.75 Å². The van der Waals surface area contributed by atoms with E-state index in [0.717, 1.165) is 30.3 Å². The molecule has 2 aromatic rings. The molecule has 0 amide bonds. The molecule has 0 radical (unpaired) electrons. The highest BCUT2D eigenvalue weighted by Gasteiger charge is 2.06. The second-order valence-corrected chi connectivity index (χ2v) is 5.77. The molecule has 0 aliphatic heterocycles. The maximum atomic E-state index is 5.18. The van der Waals surface area contributed by atoms with Gasteiger partial charge in [0.2, 0.25) is 5.89 Å². The Hall–Kier alpha value is -1.33. The van der Waals surface area contributed by atoms with Gasteiger partial charge in [0, 0.05) is 17.4 Å². The van der Waals surface area contributed by atoms with E-state index in [4.69, 9.17) is 4.52 Å². The lowest BCUT2D eigenvalue weighted by molar-refractivity contribution is 0.373. The topological polar surface area (TPSA) is 51.0 Å². The summed E-state index contributed by atoms with van der Waals surface area (Å²) in [5.74, 6) is 2.25.